The van der Waals surface area contributed by atoms with Crippen molar-refractivity contribution in [1.82, 2.24) is 9.55 Å². The Bertz CT molecular complexity index is 995. The van der Waals surface area contributed by atoms with E-state index < -0.39 is 0 Å². The summed E-state index contributed by atoms with van der Waals surface area (Å²) in [6.45, 7) is 3.78. The molecule has 0 atom stereocenters. The number of fused-ring (bicyclic) bond motifs is 1. The number of rotatable bonds is 3. The summed E-state index contributed by atoms with van der Waals surface area (Å²) in [5, 5.41) is 13.7. The van der Waals surface area contributed by atoms with Crippen LogP contribution >= 0.6 is 11.6 Å². The van der Waals surface area contributed by atoms with Crippen molar-refractivity contribution in [2.45, 2.75) is 19.8 Å². The van der Waals surface area contributed by atoms with Crippen molar-refractivity contribution < 1.29 is 5.11 Å². The van der Waals surface area contributed by atoms with Gasteiger partial charge in [0.25, 0.3) is 5.56 Å². The molecule has 2 aromatic carbocycles. The van der Waals surface area contributed by atoms with Crippen LogP contribution in [-0.4, -0.2) is 14.7 Å². The van der Waals surface area contributed by atoms with Crippen LogP contribution in [-0.2, 0) is 0 Å². The molecule has 0 saturated carbocycles. The molecule has 3 rings (SSSR count). The van der Waals surface area contributed by atoms with E-state index in [9.17, 15) is 14.8 Å². The van der Waals surface area contributed by atoms with Gasteiger partial charge in [0.05, 0.1) is 11.1 Å². The molecule has 0 aliphatic rings. The first-order valence-corrected chi connectivity index (χ1v) is 7.69. The van der Waals surface area contributed by atoms with E-state index in [0.29, 0.717) is 16.5 Å². The van der Waals surface area contributed by atoms with Crippen molar-refractivity contribution in [3.8, 4) is 11.4 Å². The molecule has 3 aromatic rings. The number of phenols is 1. The molecule has 1 N–H and O–H groups in total. The predicted molar refractivity (Wildman–Crippen MR) is 93.6 cm³/mol. The van der Waals surface area contributed by atoms with Gasteiger partial charge in [0.1, 0.15) is 11.3 Å². The minimum atomic E-state index is -0.384. The number of aromatic nitrogens is 2. The van der Waals surface area contributed by atoms with Gasteiger partial charge in [0.15, 0.2) is 11.4 Å². The molecule has 6 nitrogen and oxygen atoms in total. The summed E-state index contributed by atoms with van der Waals surface area (Å²) in [4.78, 5) is 28.1. The Labute approximate surface area is 142 Å². The number of hydrogen-bond donors (Lipinski definition) is 1. The summed E-state index contributed by atoms with van der Waals surface area (Å²) in [6.07, 6.45) is 0. The zero-order chi connectivity index (χ0) is 17.4. The zero-order valence-electron chi connectivity index (χ0n) is 13.0. The fourth-order valence-corrected chi connectivity index (χ4v) is 2.67. The Morgan fingerprint density at radius 2 is 1.83 bits per heavy atom. The molecule has 0 unspecified atom stereocenters. The first kappa shape index (κ1) is 16.1. The van der Waals surface area contributed by atoms with Crippen LogP contribution in [0, 0.1) is 4.91 Å². The monoisotopic (exact) mass is 343 g/mol. The van der Waals surface area contributed by atoms with Gasteiger partial charge in [-0.1, -0.05) is 25.4 Å². The number of hydrogen-bond acceptors (Lipinski definition) is 5. The molecule has 24 heavy (non-hydrogen) atoms. The molecule has 0 bridgehead atoms. The second-order valence-electron chi connectivity index (χ2n) is 5.66. The molecule has 0 saturated heterocycles. The van der Waals surface area contributed by atoms with E-state index in [1.807, 2.05) is 13.8 Å². The Balaban J connectivity index is 2.43. The molecule has 122 valence electrons. The number of nitrogens with zero attached hydrogens (tertiary/aromatic N) is 3. The topological polar surface area (TPSA) is 84.6 Å². The van der Waals surface area contributed by atoms with Crippen LogP contribution in [0.2, 0.25) is 5.02 Å². The van der Waals surface area contributed by atoms with Gasteiger partial charge < -0.3 is 5.11 Å². The largest absolute Gasteiger partial charge is 0.504 e. The van der Waals surface area contributed by atoms with Crippen LogP contribution in [0.1, 0.15) is 25.6 Å². The second-order valence-corrected chi connectivity index (χ2v) is 6.10. The standard InChI is InChI=1S/C17H14ClN3O3/c1-9(2)16-19-14-12(7-8-13(20-24)15(14)22)17(23)21(16)11-5-3-10(18)4-6-11/h3-9,22H,1-2H3. The highest BCUT2D eigenvalue weighted by atomic mass is 35.5. The predicted octanol–water partition coefficient (Wildman–Crippen LogP) is 4.27. The van der Waals surface area contributed by atoms with Gasteiger partial charge in [0, 0.05) is 10.9 Å². The van der Waals surface area contributed by atoms with Crippen LogP contribution in [0.3, 0.4) is 0 Å². The zero-order valence-corrected chi connectivity index (χ0v) is 13.8. The number of halogens is 1. The van der Waals surface area contributed by atoms with Gasteiger partial charge in [-0.25, -0.2) is 4.98 Å². The minimum absolute atomic E-state index is 0.0750. The van der Waals surface area contributed by atoms with Crippen LogP contribution in [0.15, 0.2) is 46.4 Å². The SMILES string of the molecule is CC(C)c1nc2c(O)c(N=O)ccc2c(=O)n1-c1ccc(Cl)cc1. The van der Waals surface area contributed by atoms with E-state index in [4.69, 9.17) is 11.6 Å². The lowest BCUT2D eigenvalue weighted by atomic mass is 10.1. The molecular weight excluding hydrogens is 330 g/mol. The van der Waals surface area contributed by atoms with Crippen LogP contribution in [0.4, 0.5) is 5.69 Å². The normalized spacial score (nSPS) is 11.2. The van der Waals surface area contributed by atoms with E-state index in [1.54, 1.807) is 24.3 Å². The van der Waals surface area contributed by atoms with Crippen molar-refractivity contribution in [2.24, 2.45) is 5.18 Å². The average Bonchev–Trinajstić information content (AvgIpc) is 2.56. The number of benzene rings is 2. The average molecular weight is 344 g/mol. The number of nitroso groups, excluding NO2 is 1. The summed E-state index contributed by atoms with van der Waals surface area (Å²) in [6, 6.07) is 9.57. The molecule has 1 aromatic heterocycles. The maximum absolute atomic E-state index is 13.0. The van der Waals surface area contributed by atoms with Gasteiger partial charge >= 0.3 is 0 Å². The van der Waals surface area contributed by atoms with Gasteiger partial charge in [-0.2, -0.15) is 0 Å². The third-order valence-corrected chi connectivity index (χ3v) is 3.97. The molecule has 0 spiro atoms. The van der Waals surface area contributed by atoms with E-state index in [1.165, 1.54) is 16.7 Å². The first-order valence-electron chi connectivity index (χ1n) is 7.32. The highest BCUT2D eigenvalue weighted by Gasteiger charge is 2.19. The molecule has 0 amide bonds. The molecule has 0 aliphatic carbocycles. The summed E-state index contributed by atoms with van der Waals surface area (Å²) in [5.41, 5.74) is 0.220. The third-order valence-electron chi connectivity index (χ3n) is 3.72. The van der Waals surface area contributed by atoms with E-state index >= 15 is 0 Å². The van der Waals surface area contributed by atoms with Gasteiger partial charge in [0.2, 0.25) is 0 Å². The third kappa shape index (κ3) is 2.55. The van der Waals surface area contributed by atoms with E-state index in [2.05, 4.69) is 10.2 Å². The van der Waals surface area contributed by atoms with Gasteiger partial charge in [-0.05, 0) is 41.6 Å². The van der Waals surface area contributed by atoms with Crippen LogP contribution < -0.4 is 5.56 Å². The summed E-state index contributed by atoms with van der Waals surface area (Å²) < 4.78 is 1.48. The number of phenolic OH excluding ortho intramolecular Hbond substituents is 1. The lowest BCUT2D eigenvalue weighted by Crippen LogP contribution is -2.24. The van der Waals surface area contributed by atoms with Crippen molar-refractivity contribution in [1.29, 1.82) is 0 Å². The second kappa shape index (κ2) is 6.05. The quantitative estimate of drug-likeness (QED) is 0.720. The lowest BCUT2D eigenvalue weighted by Gasteiger charge is -2.16. The smallest absolute Gasteiger partial charge is 0.266 e. The maximum Gasteiger partial charge on any atom is 0.266 e. The van der Waals surface area contributed by atoms with Gasteiger partial charge in [-0.3, -0.25) is 9.36 Å². The summed E-state index contributed by atoms with van der Waals surface area (Å²) in [5.74, 6) is -0.0112. The maximum atomic E-state index is 13.0. The minimum Gasteiger partial charge on any atom is -0.504 e. The first-order chi connectivity index (χ1) is 11.4. The highest BCUT2D eigenvalue weighted by Crippen LogP contribution is 2.33. The molecule has 0 fully saturated rings. The Morgan fingerprint density at radius 1 is 1.17 bits per heavy atom. The van der Waals surface area contributed by atoms with Crippen LogP contribution in [0.5, 0.6) is 5.75 Å². The van der Waals surface area contributed by atoms with E-state index in [0.717, 1.165) is 0 Å². The number of aromatic hydroxyl groups is 1. The molecule has 1 heterocycles. The lowest BCUT2D eigenvalue weighted by molar-refractivity contribution is 0.481. The molecule has 7 heteroatoms. The molecular formula is C17H14ClN3O3. The van der Waals surface area contributed by atoms with Crippen LogP contribution in [0.25, 0.3) is 16.6 Å². The Morgan fingerprint density at radius 3 is 2.42 bits per heavy atom. The van der Waals surface area contributed by atoms with Crippen molar-refractivity contribution in [3.05, 3.63) is 62.5 Å². The molecule has 0 aliphatic heterocycles. The Hall–Kier alpha value is -2.73. The van der Waals surface area contributed by atoms with Crippen molar-refractivity contribution in [2.75, 3.05) is 0 Å². The van der Waals surface area contributed by atoms with Crippen molar-refractivity contribution >= 4 is 28.2 Å². The fraction of sp³-hybridized carbons (Fsp3) is 0.176. The van der Waals surface area contributed by atoms with Crippen molar-refractivity contribution in [3.63, 3.8) is 0 Å². The molecule has 0 radical (unpaired) electrons. The van der Waals surface area contributed by atoms with E-state index in [-0.39, 0.29) is 33.8 Å². The fourth-order valence-electron chi connectivity index (χ4n) is 2.54. The Kier molecular flexibility index (Phi) is 4.07. The highest BCUT2D eigenvalue weighted by molar-refractivity contribution is 6.30. The summed E-state index contributed by atoms with van der Waals surface area (Å²) >= 11 is 5.91. The summed E-state index contributed by atoms with van der Waals surface area (Å²) in [7, 11) is 0. The van der Waals surface area contributed by atoms with Gasteiger partial charge in [-0.15, -0.1) is 4.91 Å².